The molecule has 0 aliphatic carbocycles. The van der Waals surface area contributed by atoms with E-state index in [-0.39, 0.29) is 0 Å². The molecular formula is C10H13N7O. The molecule has 3 rings (SSSR count). The predicted octanol–water partition coefficient (Wildman–Crippen LogP) is -0.263. The third-order valence-corrected chi connectivity index (χ3v) is 2.67. The van der Waals surface area contributed by atoms with E-state index in [0.29, 0.717) is 18.8 Å². The van der Waals surface area contributed by atoms with Gasteiger partial charge in [-0.25, -0.2) is 9.97 Å². The van der Waals surface area contributed by atoms with Crippen molar-refractivity contribution in [2.75, 3.05) is 20.3 Å². The van der Waals surface area contributed by atoms with E-state index in [1.54, 1.807) is 19.8 Å². The third kappa shape index (κ3) is 1.81. The summed E-state index contributed by atoms with van der Waals surface area (Å²) in [7, 11) is 1.67. The molecule has 0 spiro atoms. The number of hydrogen-bond donors (Lipinski definition) is 2. The smallest absolute Gasteiger partial charge is 0.189 e. The minimum absolute atomic E-state index is 0.617. The highest BCUT2D eigenvalue weighted by Crippen LogP contribution is 2.12. The first kappa shape index (κ1) is 11.1. The number of nitrogens with one attached hydrogen (secondary N) is 2. The van der Waals surface area contributed by atoms with E-state index in [4.69, 9.17) is 4.74 Å². The van der Waals surface area contributed by atoms with Gasteiger partial charge in [-0.05, 0) is 0 Å². The average molecular weight is 247 g/mol. The molecule has 0 bridgehead atoms. The zero-order valence-electron chi connectivity index (χ0n) is 9.92. The lowest BCUT2D eigenvalue weighted by Gasteiger charge is -2.02. The molecule has 0 radical (unpaired) electrons. The van der Waals surface area contributed by atoms with Crippen LogP contribution < -0.4 is 5.32 Å². The van der Waals surface area contributed by atoms with Crippen molar-refractivity contribution < 1.29 is 4.74 Å². The molecule has 0 saturated carbocycles. The van der Waals surface area contributed by atoms with Crippen molar-refractivity contribution in [3.05, 3.63) is 18.5 Å². The summed E-state index contributed by atoms with van der Waals surface area (Å²) >= 11 is 0. The van der Waals surface area contributed by atoms with Crippen LogP contribution in [0.15, 0.2) is 12.7 Å². The summed E-state index contributed by atoms with van der Waals surface area (Å²) in [4.78, 5) is 11.3. The van der Waals surface area contributed by atoms with Gasteiger partial charge < -0.3 is 15.0 Å². The number of nitrogens with zero attached hydrogens (tertiary/aromatic N) is 5. The fourth-order valence-electron chi connectivity index (χ4n) is 1.77. The number of rotatable bonds is 5. The second-order valence-corrected chi connectivity index (χ2v) is 3.83. The zero-order chi connectivity index (χ0) is 12.4. The van der Waals surface area contributed by atoms with Crippen molar-refractivity contribution in [1.82, 2.24) is 34.9 Å². The lowest BCUT2D eigenvalue weighted by molar-refractivity contribution is 0.199. The maximum absolute atomic E-state index is 4.97. The number of methoxy groups -OCH3 is 1. The van der Waals surface area contributed by atoms with E-state index in [2.05, 4.69) is 30.5 Å². The maximum atomic E-state index is 4.97. The SMILES string of the molecule is COCCNCc1nnc2c3[nH]cnc3ncn12. The number of hydrogen-bond acceptors (Lipinski definition) is 6. The van der Waals surface area contributed by atoms with Gasteiger partial charge in [0.05, 0.1) is 19.5 Å². The number of fused-ring (bicyclic) bond motifs is 3. The Morgan fingerprint density at radius 2 is 2.33 bits per heavy atom. The summed E-state index contributed by atoms with van der Waals surface area (Å²) in [6.45, 7) is 2.05. The molecule has 2 N–H and O–H groups in total. The standard InChI is InChI=1S/C10H13N7O/c1-18-3-2-11-4-7-15-16-10-8-9(13-5-12-8)14-6-17(7)10/h5-6,11H,2-4H2,1H3,(H,12,13). The molecule has 0 aromatic carbocycles. The molecule has 8 nitrogen and oxygen atoms in total. The third-order valence-electron chi connectivity index (χ3n) is 2.67. The van der Waals surface area contributed by atoms with Crippen LogP contribution in [-0.2, 0) is 11.3 Å². The average Bonchev–Trinajstić information content (AvgIpc) is 3.00. The number of aromatic nitrogens is 6. The lowest BCUT2D eigenvalue weighted by Crippen LogP contribution is -2.20. The maximum Gasteiger partial charge on any atom is 0.189 e. The first-order valence-corrected chi connectivity index (χ1v) is 5.61. The van der Waals surface area contributed by atoms with E-state index in [1.807, 2.05) is 4.40 Å². The molecule has 94 valence electrons. The summed E-state index contributed by atoms with van der Waals surface area (Å²) < 4.78 is 6.81. The molecule has 3 aromatic rings. The number of ether oxygens (including phenoxy) is 1. The van der Waals surface area contributed by atoms with Gasteiger partial charge in [-0.3, -0.25) is 4.40 Å². The van der Waals surface area contributed by atoms with Crippen LogP contribution in [0.1, 0.15) is 5.82 Å². The Morgan fingerprint density at radius 1 is 1.39 bits per heavy atom. The minimum atomic E-state index is 0.617. The van der Waals surface area contributed by atoms with Crippen LogP contribution in [0.5, 0.6) is 0 Å². The fourth-order valence-corrected chi connectivity index (χ4v) is 1.77. The summed E-state index contributed by atoms with van der Waals surface area (Å²) in [5.74, 6) is 0.810. The van der Waals surface area contributed by atoms with Gasteiger partial charge in [0.2, 0.25) is 0 Å². The molecular weight excluding hydrogens is 234 g/mol. The van der Waals surface area contributed by atoms with Crippen molar-refractivity contribution in [3.8, 4) is 0 Å². The summed E-state index contributed by atoms with van der Waals surface area (Å²) in [6.07, 6.45) is 3.29. The van der Waals surface area contributed by atoms with Crippen molar-refractivity contribution in [1.29, 1.82) is 0 Å². The van der Waals surface area contributed by atoms with Crippen LogP contribution in [0, 0.1) is 0 Å². The molecule has 0 unspecified atom stereocenters. The zero-order valence-corrected chi connectivity index (χ0v) is 9.92. The molecule has 0 aliphatic heterocycles. The highest BCUT2D eigenvalue weighted by molar-refractivity contribution is 5.84. The Labute approximate surface area is 102 Å². The molecule has 0 amide bonds. The summed E-state index contributed by atoms with van der Waals surface area (Å²) in [5, 5.41) is 11.5. The Bertz CT molecular complexity index is 658. The van der Waals surface area contributed by atoms with E-state index in [1.165, 1.54) is 0 Å². The highest BCUT2D eigenvalue weighted by Gasteiger charge is 2.10. The van der Waals surface area contributed by atoms with Crippen LogP contribution in [0.4, 0.5) is 0 Å². The number of aromatic amines is 1. The second-order valence-electron chi connectivity index (χ2n) is 3.83. The van der Waals surface area contributed by atoms with Gasteiger partial charge in [0.25, 0.3) is 0 Å². The topological polar surface area (TPSA) is 93.0 Å². The molecule has 0 atom stereocenters. The lowest BCUT2D eigenvalue weighted by atomic mass is 10.5. The van der Waals surface area contributed by atoms with Gasteiger partial charge in [-0.2, -0.15) is 0 Å². The van der Waals surface area contributed by atoms with Crippen molar-refractivity contribution >= 4 is 16.8 Å². The van der Waals surface area contributed by atoms with Gasteiger partial charge in [0.1, 0.15) is 11.8 Å². The molecule has 3 aromatic heterocycles. The van der Waals surface area contributed by atoms with E-state index < -0.39 is 0 Å². The van der Waals surface area contributed by atoms with Crippen LogP contribution in [0.2, 0.25) is 0 Å². The van der Waals surface area contributed by atoms with Gasteiger partial charge in [0.15, 0.2) is 17.1 Å². The van der Waals surface area contributed by atoms with E-state index in [9.17, 15) is 0 Å². The quantitative estimate of drug-likeness (QED) is 0.603. The monoisotopic (exact) mass is 247 g/mol. The molecule has 3 heterocycles. The predicted molar refractivity (Wildman–Crippen MR) is 64.0 cm³/mol. The molecule has 0 saturated heterocycles. The Balaban J connectivity index is 1.89. The number of imidazole rings is 1. The van der Waals surface area contributed by atoms with Crippen LogP contribution in [0.3, 0.4) is 0 Å². The molecule has 8 heteroatoms. The first-order chi connectivity index (χ1) is 8.90. The minimum Gasteiger partial charge on any atom is -0.383 e. The van der Waals surface area contributed by atoms with Crippen LogP contribution in [-0.4, -0.2) is 49.8 Å². The summed E-state index contributed by atoms with van der Waals surface area (Å²) in [5.41, 5.74) is 2.18. The van der Waals surface area contributed by atoms with Crippen LogP contribution >= 0.6 is 0 Å². The molecule has 18 heavy (non-hydrogen) atoms. The highest BCUT2D eigenvalue weighted by atomic mass is 16.5. The number of H-pyrrole nitrogens is 1. The fraction of sp³-hybridized carbons (Fsp3) is 0.400. The Morgan fingerprint density at radius 3 is 3.22 bits per heavy atom. The Hall–Kier alpha value is -2.06. The van der Waals surface area contributed by atoms with Crippen molar-refractivity contribution in [2.45, 2.75) is 6.54 Å². The van der Waals surface area contributed by atoms with Crippen molar-refractivity contribution in [3.63, 3.8) is 0 Å². The first-order valence-electron chi connectivity index (χ1n) is 5.61. The second kappa shape index (κ2) is 4.67. The molecule has 0 fully saturated rings. The van der Waals surface area contributed by atoms with Gasteiger partial charge in [-0.15, -0.1) is 10.2 Å². The normalized spacial score (nSPS) is 11.6. The van der Waals surface area contributed by atoms with E-state index in [0.717, 1.165) is 23.5 Å². The van der Waals surface area contributed by atoms with Crippen molar-refractivity contribution in [2.24, 2.45) is 0 Å². The van der Waals surface area contributed by atoms with Gasteiger partial charge in [-0.1, -0.05) is 0 Å². The Kier molecular flexibility index (Phi) is 2.87. The van der Waals surface area contributed by atoms with Gasteiger partial charge >= 0.3 is 0 Å². The van der Waals surface area contributed by atoms with Gasteiger partial charge in [0, 0.05) is 13.7 Å². The summed E-state index contributed by atoms with van der Waals surface area (Å²) in [6, 6.07) is 0. The van der Waals surface area contributed by atoms with E-state index >= 15 is 0 Å². The largest absolute Gasteiger partial charge is 0.383 e. The molecule has 0 aliphatic rings. The van der Waals surface area contributed by atoms with Crippen LogP contribution in [0.25, 0.3) is 16.8 Å².